The number of carbonyl (C=O) groups excluding carboxylic acids is 2. The third-order valence-corrected chi connectivity index (χ3v) is 7.30. The van der Waals surface area contributed by atoms with Crippen LogP contribution in [0.25, 0.3) is 11.1 Å². The molecule has 4 rings (SSSR count). The smallest absolute Gasteiger partial charge is 0.407 e. The molecule has 0 bridgehead atoms. The number of hydrogen-bond donors (Lipinski definition) is 3. The fraction of sp³-hybridized carbons (Fsp3) is 0.464. The summed E-state index contributed by atoms with van der Waals surface area (Å²) in [4.78, 5) is 37.2. The molecule has 0 aromatic heterocycles. The summed E-state index contributed by atoms with van der Waals surface area (Å²) in [5.74, 6) is -1.66. The second-order valence-electron chi connectivity index (χ2n) is 9.79. The summed E-state index contributed by atoms with van der Waals surface area (Å²) in [7, 11) is 0. The van der Waals surface area contributed by atoms with Crippen LogP contribution in [0.3, 0.4) is 0 Å². The molecule has 1 fully saturated rings. The highest BCUT2D eigenvalue weighted by Gasteiger charge is 2.33. The van der Waals surface area contributed by atoms with Gasteiger partial charge in [0.2, 0.25) is 5.91 Å². The molecular formula is C28H34N2O5. The number of carboxylic acids is 1. The lowest BCUT2D eigenvalue weighted by Gasteiger charge is -2.24. The Morgan fingerprint density at radius 2 is 1.63 bits per heavy atom. The van der Waals surface area contributed by atoms with E-state index in [9.17, 15) is 19.5 Å². The molecule has 7 heteroatoms. The molecule has 7 nitrogen and oxygen atoms in total. The van der Waals surface area contributed by atoms with E-state index in [-0.39, 0.29) is 30.9 Å². The first kappa shape index (κ1) is 24.8. The Bertz CT molecular complexity index is 1040. The van der Waals surface area contributed by atoms with Crippen LogP contribution < -0.4 is 10.6 Å². The number of carbonyl (C=O) groups is 3. The van der Waals surface area contributed by atoms with Gasteiger partial charge < -0.3 is 20.5 Å². The lowest BCUT2D eigenvalue weighted by Crippen LogP contribution is -2.51. The van der Waals surface area contributed by atoms with Crippen molar-refractivity contribution in [1.82, 2.24) is 10.6 Å². The van der Waals surface area contributed by atoms with Crippen molar-refractivity contribution in [2.75, 3.05) is 13.2 Å². The fourth-order valence-corrected chi connectivity index (χ4v) is 4.83. The SMILES string of the molecule is CCC(C)C(NC(=O)OCC1c2ccccc2-c2ccccc21)C(=O)NCC(CC1CC1)C(=O)O. The summed E-state index contributed by atoms with van der Waals surface area (Å²) in [5, 5.41) is 15.0. The Balaban J connectivity index is 1.36. The van der Waals surface area contributed by atoms with Crippen molar-refractivity contribution in [3.8, 4) is 11.1 Å². The normalized spacial score (nSPS) is 17.0. The molecule has 2 aliphatic carbocycles. The highest BCUT2D eigenvalue weighted by atomic mass is 16.5. The summed E-state index contributed by atoms with van der Waals surface area (Å²) >= 11 is 0. The van der Waals surface area contributed by atoms with Gasteiger partial charge in [-0.25, -0.2) is 4.79 Å². The number of amides is 2. The molecule has 2 amide bonds. The molecule has 186 valence electrons. The lowest BCUT2D eigenvalue weighted by molar-refractivity contribution is -0.142. The Labute approximate surface area is 206 Å². The van der Waals surface area contributed by atoms with E-state index in [0.29, 0.717) is 18.8 Å². The standard InChI is InChI=1S/C28H34N2O5/c1-3-17(2)25(26(31)29-15-19(27(32)33)14-18-12-13-18)30-28(34)35-16-24-22-10-6-4-8-20(22)21-9-5-7-11-23(21)24/h4-11,17-19,24-25H,3,12-16H2,1-2H3,(H,29,31)(H,30,34)(H,32,33). The predicted octanol–water partition coefficient (Wildman–Crippen LogP) is 4.56. The monoisotopic (exact) mass is 478 g/mol. The molecule has 1 saturated carbocycles. The molecule has 2 aromatic rings. The minimum Gasteiger partial charge on any atom is -0.481 e. The Morgan fingerprint density at radius 3 is 2.17 bits per heavy atom. The second kappa shape index (κ2) is 10.9. The molecule has 0 spiro atoms. The summed E-state index contributed by atoms with van der Waals surface area (Å²) in [6, 6.07) is 15.4. The molecule has 35 heavy (non-hydrogen) atoms. The van der Waals surface area contributed by atoms with Crippen LogP contribution in [0.5, 0.6) is 0 Å². The van der Waals surface area contributed by atoms with Gasteiger partial charge in [-0.1, -0.05) is 81.6 Å². The van der Waals surface area contributed by atoms with E-state index in [0.717, 1.165) is 35.1 Å². The first-order valence-corrected chi connectivity index (χ1v) is 12.5. The van der Waals surface area contributed by atoms with Crippen molar-refractivity contribution in [3.05, 3.63) is 59.7 Å². The first-order chi connectivity index (χ1) is 16.9. The number of alkyl carbamates (subject to hydrolysis) is 1. The van der Waals surface area contributed by atoms with E-state index in [1.807, 2.05) is 38.1 Å². The number of benzene rings is 2. The third-order valence-electron chi connectivity index (χ3n) is 7.30. The molecule has 0 heterocycles. The maximum atomic E-state index is 12.9. The topological polar surface area (TPSA) is 105 Å². The molecule has 2 aliphatic rings. The number of ether oxygens (including phenoxy) is 1. The number of carboxylic acid groups (broad SMARTS) is 1. The van der Waals surface area contributed by atoms with Gasteiger partial charge in [0.1, 0.15) is 12.6 Å². The molecule has 3 unspecified atom stereocenters. The van der Waals surface area contributed by atoms with E-state index in [1.165, 1.54) is 0 Å². The predicted molar refractivity (Wildman–Crippen MR) is 133 cm³/mol. The second-order valence-corrected chi connectivity index (χ2v) is 9.79. The van der Waals surface area contributed by atoms with Gasteiger partial charge in [-0.2, -0.15) is 0 Å². The van der Waals surface area contributed by atoms with Gasteiger partial charge in [-0.15, -0.1) is 0 Å². The maximum Gasteiger partial charge on any atom is 0.407 e. The first-order valence-electron chi connectivity index (χ1n) is 12.5. The molecular weight excluding hydrogens is 444 g/mol. The van der Waals surface area contributed by atoms with Gasteiger partial charge in [-0.3, -0.25) is 9.59 Å². The van der Waals surface area contributed by atoms with Crippen LogP contribution in [0.1, 0.15) is 56.6 Å². The van der Waals surface area contributed by atoms with Crippen molar-refractivity contribution >= 4 is 18.0 Å². The van der Waals surface area contributed by atoms with Crippen molar-refractivity contribution in [3.63, 3.8) is 0 Å². The van der Waals surface area contributed by atoms with Crippen LogP contribution in [0.4, 0.5) is 4.79 Å². The number of hydrogen-bond acceptors (Lipinski definition) is 4. The van der Waals surface area contributed by atoms with E-state index in [4.69, 9.17) is 4.74 Å². The highest BCUT2D eigenvalue weighted by molar-refractivity contribution is 5.86. The summed E-state index contributed by atoms with van der Waals surface area (Å²) in [6.07, 6.45) is 2.70. The minimum atomic E-state index is -0.901. The van der Waals surface area contributed by atoms with Gasteiger partial charge in [0, 0.05) is 12.5 Å². The zero-order chi connectivity index (χ0) is 24.9. The van der Waals surface area contributed by atoms with Crippen LogP contribution in [0, 0.1) is 17.8 Å². The Kier molecular flexibility index (Phi) is 7.73. The van der Waals surface area contributed by atoms with E-state index < -0.39 is 24.0 Å². The largest absolute Gasteiger partial charge is 0.481 e. The molecule has 0 radical (unpaired) electrons. The summed E-state index contributed by atoms with van der Waals surface area (Å²) in [5.41, 5.74) is 4.53. The van der Waals surface area contributed by atoms with Crippen molar-refractivity contribution in [2.24, 2.45) is 17.8 Å². The van der Waals surface area contributed by atoms with Gasteiger partial charge in [0.15, 0.2) is 0 Å². The van der Waals surface area contributed by atoms with Crippen molar-refractivity contribution in [1.29, 1.82) is 0 Å². The third kappa shape index (κ3) is 5.84. The van der Waals surface area contributed by atoms with Crippen LogP contribution in [0.2, 0.25) is 0 Å². The lowest BCUT2D eigenvalue weighted by atomic mass is 9.97. The quantitative estimate of drug-likeness (QED) is 0.439. The van der Waals surface area contributed by atoms with Crippen LogP contribution in [-0.2, 0) is 14.3 Å². The number of rotatable bonds is 11. The molecule has 0 saturated heterocycles. The van der Waals surface area contributed by atoms with Crippen LogP contribution >= 0.6 is 0 Å². The van der Waals surface area contributed by atoms with Gasteiger partial charge in [-0.05, 0) is 40.5 Å². The Morgan fingerprint density at radius 1 is 1.03 bits per heavy atom. The number of aliphatic carboxylic acids is 1. The zero-order valence-corrected chi connectivity index (χ0v) is 20.3. The van der Waals surface area contributed by atoms with Gasteiger partial charge in [0.25, 0.3) is 0 Å². The van der Waals surface area contributed by atoms with Crippen LogP contribution in [0.15, 0.2) is 48.5 Å². The average Bonchev–Trinajstić information content (AvgIpc) is 3.63. The van der Waals surface area contributed by atoms with Crippen molar-refractivity contribution in [2.45, 2.75) is 51.5 Å². The van der Waals surface area contributed by atoms with Gasteiger partial charge >= 0.3 is 12.1 Å². The average molecular weight is 479 g/mol. The number of nitrogens with one attached hydrogen (secondary N) is 2. The fourth-order valence-electron chi connectivity index (χ4n) is 4.83. The summed E-state index contributed by atoms with van der Waals surface area (Å²) < 4.78 is 5.62. The summed E-state index contributed by atoms with van der Waals surface area (Å²) in [6.45, 7) is 4.05. The molecule has 3 N–H and O–H groups in total. The molecule has 3 atom stereocenters. The van der Waals surface area contributed by atoms with Crippen LogP contribution in [-0.4, -0.2) is 42.3 Å². The zero-order valence-electron chi connectivity index (χ0n) is 20.3. The number of fused-ring (bicyclic) bond motifs is 3. The van der Waals surface area contributed by atoms with Gasteiger partial charge in [0.05, 0.1) is 5.92 Å². The molecule has 2 aromatic carbocycles. The Hall–Kier alpha value is -3.35. The minimum absolute atomic E-state index is 0.0595. The van der Waals surface area contributed by atoms with E-state index >= 15 is 0 Å². The van der Waals surface area contributed by atoms with E-state index in [2.05, 4.69) is 34.9 Å². The van der Waals surface area contributed by atoms with Crippen molar-refractivity contribution < 1.29 is 24.2 Å². The molecule has 0 aliphatic heterocycles. The van der Waals surface area contributed by atoms with E-state index in [1.54, 1.807) is 0 Å². The highest BCUT2D eigenvalue weighted by Crippen LogP contribution is 2.44. The maximum absolute atomic E-state index is 12.9.